The number of nitrogens with zero attached hydrogens (tertiary/aromatic N) is 8. The Morgan fingerprint density at radius 2 is 0.460 bits per heavy atom. The number of halogens is 4. The van der Waals surface area contributed by atoms with Crippen molar-refractivity contribution < 1.29 is 55.9 Å². The number of nitrogens with two attached hydrogens (primary N) is 4. The van der Waals surface area contributed by atoms with Gasteiger partial charge in [-0.2, -0.15) is 0 Å². The van der Waals surface area contributed by atoms with Gasteiger partial charge in [-0.05, 0) is 241 Å². The molecule has 24 nitrogen and oxygen atoms in total. The second-order valence-corrected chi connectivity index (χ2v) is 30.1. The monoisotopic (exact) mass is 1670 g/mol. The van der Waals surface area contributed by atoms with Crippen LogP contribution in [0.25, 0.3) is 0 Å². The molecule has 8 amide bonds. The molecule has 4 aliphatic rings. The lowest BCUT2D eigenvalue weighted by atomic mass is 10.0. The minimum absolute atomic E-state index is 0.181. The molecule has 28 heteroatoms. The molecular formula is C96H92F4N16O8. The molecule has 4 aliphatic heterocycles. The van der Waals surface area contributed by atoms with Crippen molar-refractivity contribution in [2.45, 2.75) is 99.7 Å². The second kappa shape index (κ2) is 41.8. The molecule has 0 aliphatic carbocycles. The molecule has 8 heterocycles. The van der Waals surface area contributed by atoms with Crippen molar-refractivity contribution in [2.24, 2.45) is 22.9 Å². The highest BCUT2D eigenvalue weighted by atomic mass is 19.1. The van der Waals surface area contributed by atoms with Crippen LogP contribution in [0.5, 0.6) is 0 Å². The summed E-state index contributed by atoms with van der Waals surface area (Å²) in [5.41, 5.74) is 35.1. The number of hydrogen-bond donors (Lipinski definition) is 8. The number of hydrogen-bond acceptors (Lipinski definition) is 16. The van der Waals surface area contributed by atoms with Crippen LogP contribution in [0.15, 0.2) is 292 Å². The highest BCUT2D eigenvalue weighted by molar-refractivity contribution is 6.06. The van der Waals surface area contributed by atoms with Crippen molar-refractivity contribution in [1.29, 1.82) is 0 Å². The number of nitrogens with one attached hydrogen (secondary N) is 4. The quantitative estimate of drug-likeness (QED) is 0.0329. The third kappa shape index (κ3) is 22.4. The van der Waals surface area contributed by atoms with Crippen molar-refractivity contribution in [2.75, 3.05) is 47.4 Å². The topological polar surface area (TPSA) is 353 Å². The zero-order valence-electron chi connectivity index (χ0n) is 67.5. The smallest absolute Gasteiger partial charge is 0.255 e. The molecule has 632 valence electrons. The molecule has 124 heavy (non-hydrogen) atoms. The number of benzene rings is 8. The van der Waals surface area contributed by atoms with Gasteiger partial charge in [0.15, 0.2) is 0 Å². The fourth-order valence-electron chi connectivity index (χ4n) is 15.6. The summed E-state index contributed by atoms with van der Waals surface area (Å²) in [4.78, 5) is 125. The van der Waals surface area contributed by atoms with Gasteiger partial charge < -0.3 is 63.8 Å². The van der Waals surface area contributed by atoms with Gasteiger partial charge in [-0.15, -0.1) is 0 Å². The minimum Gasteiger partial charge on any atom is -0.334 e. The van der Waals surface area contributed by atoms with Crippen molar-refractivity contribution in [3.8, 4) is 0 Å². The molecule has 4 saturated heterocycles. The van der Waals surface area contributed by atoms with Crippen molar-refractivity contribution >= 4 is 70.0 Å². The maximum absolute atomic E-state index is 13.6. The molecule has 8 atom stereocenters. The molecule has 4 aromatic heterocycles. The van der Waals surface area contributed by atoms with Crippen LogP contribution >= 0.6 is 0 Å². The third-order valence-corrected chi connectivity index (χ3v) is 22.0. The zero-order chi connectivity index (χ0) is 87.2. The molecule has 0 saturated carbocycles. The first-order valence-corrected chi connectivity index (χ1v) is 40.6. The van der Waals surface area contributed by atoms with E-state index in [0.717, 1.165) is 73.6 Å². The SMILES string of the molecule is N[C@@H](C(=O)N1CCC[C@@H]1c1cccc(F)c1)c1ccc(C(=O)Nc2ccncc2)cc1.N[C@@H](C(=O)N1CCC[C@H]1c1cccc(F)c1)c1ccc(C(=O)Nc2ccncc2)cc1.N[C@H](C(=O)N1CCC[C@@H]1c1cccc(F)c1)c1ccc(C(=O)Nc2ccncc2)cc1.N[C@H](C(=O)N1CCC[C@H]1c1cccc(F)c1)c1ccc(C(=O)Nc2ccncc2)cc1. The summed E-state index contributed by atoms with van der Waals surface area (Å²) in [7, 11) is 0. The maximum Gasteiger partial charge on any atom is 0.255 e. The molecule has 16 rings (SSSR count). The first kappa shape index (κ1) is 87.5. The standard InChI is InChI=1S/4C24H23FN4O2/c4*25-19-4-1-3-18(15-19)21-5-2-14-29(21)24(31)22(26)16-6-8-17(9-7-16)23(30)28-20-10-12-27-13-11-20/h4*1,3-4,6-13,15,21-22H,2,5,14,26H2,(H,27,28,30)/t2*21-,22+;2*21-,22-/m1010/s1. The zero-order valence-corrected chi connectivity index (χ0v) is 67.5. The molecule has 0 bridgehead atoms. The first-order chi connectivity index (χ1) is 60.1. The average Bonchev–Trinajstić information content (AvgIpc) is 1.64. The lowest BCUT2D eigenvalue weighted by molar-refractivity contribution is -0.134. The number of aromatic nitrogens is 4. The van der Waals surface area contributed by atoms with Gasteiger partial charge in [-0.3, -0.25) is 58.3 Å². The van der Waals surface area contributed by atoms with E-state index in [1.807, 2.05) is 24.3 Å². The van der Waals surface area contributed by atoms with Gasteiger partial charge in [0.25, 0.3) is 23.6 Å². The molecule has 4 fully saturated rings. The molecule has 8 aromatic carbocycles. The number of carbonyl (C=O) groups is 8. The summed E-state index contributed by atoms with van der Waals surface area (Å²) in [6.07, 6.45) is 19.2. The lowest BCUT2D eigenvalue weighted by Crippen LogP contribution is -2.38. The Balaban J connectivity index is 0.000000142. The van der Waals surface area contributed by atoms with Crippen LogP contribution in [0.2, 0.25) is 0 Å². The Kier molecular flexibility index (Phi) is 29.5. The molecule has 12 N–H and O–H groups in total. The van der Waals surface area contributed by atoms with Gasteiger partial charge in [-0.25, -0.2) is 17.6 Å². The maximum atomic E-state index is 13.6. The van der Waals surface area contributed by atoms with Gasteiger partial charge in [-0.1, -0.05) is 97.1 Å². The number of carbonyl (C=O) groups excluding carboxylic acids is 8. The van der Waals surface area contributed by atoms with Crippen molar-refractivity contribution in [3.63, 3.8) is 0 Å². The summed E-state index contributed by atoms with van der Waals surface area (Å²) in [6.45, 7) is 2.33. The molecule has 12 aromatic rings. The van der Waals surface area contributed by atoms with Crippen LogP contribution in [0.1, 0.15) is 186 Å². The Morgan fingerprint density at radius 1 is 0.274 bits per heavy atom. The van der Waals surface area contributed by atoms with Gasteiger partial charge >= 0.3 is 0 Å². The number of amides is 8. The summed E-state index contributed by atoms with van der Waals surface area (Å²) in [6, 6.07) is 61.6. The predicted octanol–water partition coefficient (Wildman–Crippen LogP) is 15.3. The third-order valence-electron chi connectivity index (χ3n) is 22.0. The number of rotatable bonds is 20. The average molecular weight is 1670 g/mol. The van der Waals surface area contributed by atoms with Gasteiger partial charge in [0.1, 0.15) is 47.4 Å². The fourth-order valence-corrected chi connectivity index (χ4v) is 15.6. The van der Waals surface area contributed by atoms with E-state index in [-0.39, 0.29) is 94.7 Å². The lowest BCUT2D eigenvalue weighted by Gasteiger charge is -2.28. The first-order valence-electron chi connectivity index (χ1n) is 40.6. The van der Waals surface area contributed by atoms with Crippen LogP contribution in [-0.4, -0.2) is 113 Å². The molecule has 0 spiro atoms. The summed E-state index contributed by atoms with van der Waals surface area (Å²) >= 11 is 0. The molecular weight excluding hydrogens is 1580 g/mol. The Bertz CT molecular complexity index is 4990. The summed E-state index contributed by atoms with van der Waals surface area (Å²) in [5.74, 6) is -3.15. The second-order valence-electron chi connectivity index (χ2n) is 30.1. The number of anilines is 4. The van der Waals surface area contributed by atoms with Crippen molar-refractivity contribution in [3.05, 3.63) is 382 Å². The van der Waals surface area contributed by atoms with Crippen molar-refractivity contribution in [1.82, 2.24) is 39.5 Å². The van der Waals surface area contributed by atoms with E-state index in [1.54, 1.807) is 239 Å². The summed E-state index contributed by atoms with van der Waals surface area (Å²) < 4.78 is 54.6. The normalized spacial score (nSPS) is 16.7. The van der Waals surface area contributed by atoms with Crippen LogP contribution in [0.4, 0.5) is 40.3 Å². The van der Waals surface area contributed by atoms with E-state index in [2.05, 4.69) is 41.2 Å². The Labute approximate surface area is 714 Å². The van der Waals surface area contributed by atoms with Crippen LogP contribution in [-0.2, 0) is 19.2 Å². The highest BCUT2D eigenvalue weighted by Crippen LogP contribution is 2.39. The Morgan fingerprint density at radius 3 is 0.637 bits per heavy atom. The van der Waals surface area contributed by atoms with Gasteiger partial charge in [0.2, 0.25) is 23.6 Å². The van der Waals surface area contributed by atoms with E-state index in [4.69, 9.17) is 22.9 Å². The van der Waals surface area contributed by atoms with E-state index in [1.165, 1.54) is 48.5 Å². The minimum atomic E-state index is -0.855. The van der Waals surface area contributed by atoms with E-state index in [9.17, 15) is 55.9 Å². The van der Waals surface area contributed by atoms with Crippen LogP contribution < -0.4 is 44.2 Å². The number of likely N-dealkylation sites (tertiary alicyclic amines) is 4. The van der Waals surface area contributed by atoms with E-state index >= 15 is 0 Å². The van der Waals surface area contributed by atoms with Crippen LogP contribution in [0.3, 0.4) is 0 Å². The number of pyridine rings is 4. The largest absolute Gasteiger partial charge is 0.334 e. The molecule has 0 radical (unpaired) electrons. The fraction of sp³-hybridized carbons (Fsp3) is 0.208. The van der Waals surface area contributed by atoms with E-state index in [0.29, 0.717) is 93.4 Å². The van der Waals surface area contributed by atoms with E-state index < -0.39 is 24.2 Å². The predicted molar refractivity (Wildman–Crippen MR) is 463 cm³/mol. The molecule has 0 unspecified atom stereocenters. The summed E-state index contributed by atoms with van der Waals surface area (Å²) in [5, 5.41) is 11.1. The highest BCUT2D eigenvalue weighted by Gasteiger charge is 2.38. The Hall–Kier alpha value is -14.3. The van der Waals surface area contributed by atoms with Gasteiger partial charge in [0.05, 0.1) is 24.2 Å². The van der Waals surface area contributed by atoms with Gasteiger partial charge in [0, 0.05) is 121 Å². The van der Waals surface area contributed by atoms with Crippen LogP contribution in [0, 0.1) is 23.3 Å².